The van der Waals surface area contributed by atoms with Crippen LogP contribution in [0, 0.1) is 5.92 Å². The standard InChI is InChI=1S/C20H32N4O3/c1-15(2)13-21-19(25)20(26)22-14-18(24-9-11-27-12-10-24)16-5-7-17(8-6-16)23(3)4/h5-8,15,18H,9-14H2,1-4H3,(H,21,25)(H,22,26)/t18-/m0/s1. The second kappa shape index (κ2) is 10.3. The molecule has 1 aromatic carbocycles. The molecule has 0 radical (unpaired) electrons. The summed E-state index contributed by atoms with van der Waals surface area (Å²) in [6, 6.07) is 8.31. The highest BCUT2D eigenvalue weighted by Gasteiger charge is 2.24. The van der Waals surface area contributed by atoms with E-state index < -0.39 is 11.8 Å². The summed E-state index contributed by atoms with van der Waals surface area (Å²) in [5.41, 5.74) is 2.24. The third kappa shape index (κ3) is 6.52. The molecule has 0 aromatic heterocycles. The predicted molar refractivity (Wildman–Crippen MR) is 107 cm³/mol. The number of carbonyl (C=O) groups is 2. The van der Waals surface area contributed by atoms with Crippen molar-refractivity contribution in [2.45, 2.75) is 19.9 Å². The van der Waals surface area contributed by atoms with E-state index in [1.807, 2.05) is 32.8 Å². The van der Waals surface area contributed by atoms with E-state index in [9.17, 15) is 9.59 Å². The largest absolute Gasteiger partial charge is 0.379 e. The molecule has 1 saturated heterocycles. The maximum Gasteiger partial charge on any atom is 0.309 e. The van der Waals surface area contributed by atoms with Crippen LogP contribution in [0.5, 0.6) is 0 Å². The first-order valence-corrected chi connectivity index (χ1v) is 9.53. The molecule has 1 atom stereocenters. The molecule has 150 valence electrons. The molecule has 1 heterocycles. The van der Waals surface area contributed by atoms with E-state index in [4.69, 9.17) is 4.74 Å². The van der Waals surface area contributed by atoms with E-state index in [1.54, 1.807) is 0 Å². The van der Waals surface area contributed by atoms with E-state index >= 15 is 0 Å². The Labute approximate surface area is 162 Å². The van der Waals surface area contributed by atoms with E-state index in [-0.39, 0.29) is 6.04 Å². The Balaban J connectivity index is 2.04. The number of amides is 2. The van der Waals surface area contributed by atoms with Crippen LogP contribution in [0.2, 0.25) is 0 Å². The summed E-state index contributed by atoms with van der Waals surface area (Å²) in [4.78, 5) is 28.4. The third-order valence-corrected chi connectivity index (χ3v) is 4.61. The average molecular weight is 377 g/mol. The molecule has 0 spiro atoms. The molecule has 0 bridgehead atoms. The van der Waals surface area contributed by atoms with Crippen molar-refractivity contribution in [1.29, 1.82) is 0 Å². The zero-order valence-corrected chi connectivity index (χ0v) is 16.8. The maximum absolute atomic E-state index is 12.1. The van der Waals surface area contributed by atoms with Gasteiger partial charge in [-0.05, 0) is 23.6 Å². The summed E-state index contributed by atoms with van der Waals surface area (Å²) in [6.45, 7) is 7.81. The van der Waals surface area contributed by atoms with Gasteiger partial charge >= 0.3 is 11.8 Å². The third-order valence-electron chi connectivity index (χ3n) is 4.61. The van der Waals surface area contributed by atoms with Gasteiger partial charge < -0.3 is 20.3 Å². The monoisotopic (exact) mass is 376 g/mol. The molecule has 1 aliphatic rings. The molecule has 27 heavy (non-hydrogen) atoms. The molecule has 1 aromatic rings. The van der Waals surface area contributed by atoms with Gasteiger partial charge in [0.05, 0.1) is 19.3 Å². The first-order valence-electron chi connectivity index (χ1n) is 9.53. The summed E-state index contributed by atoms with van der Waals surface area (Å²) < 4.78 is 5.45. The van der Waals surface area contributed by atoms with Gasteiger partial charge in [0.1, 0.15) is 0 Å². The molecular formula is C20H32N4O3. The van der Waals surface area contributed by atoms with Gasteiger partial charge in [-0.3, -0.25) is 14.5 Å². The second-order valence-corrected chi connectivity index (χ2v) is 7.46. The smallest absolute Gasteiger partial charge is 0.309 e. The lowest BCUT2D eigenvalue weighted by atomic mass is 10.0. The summed E-state index contributed by atoms with van der Waals surface area (Å²) in [7, 11) is 4.01. The fraction of sp³-hybridized carbons (Fsp3) is 0.600. The minimum absolute atomic E-state index is 0.00645. The highest BCUT2D eigenvalue weighted by Crippen LogP contribution is 2.23. The molecule has 2 N–H and O–H groups in total. The van der Waals surface area contributed by atoms with Gasteiger partial charge in [-0.1, -0.05) is 26.0 Å². The first-order chi connectivity index (χ1) is 12.9. The molecule has 0 saturated carbocycles. The fourth-order valence-corrected chi connectivity index (χ4v) is 2.99. The van der Waals surface area contributed by atoms with Crippen molar-refractivity contribution in [2.75, 3.05) is 58.4 Å². The molecular weight excluding hydrogens is 344 g/mol. The van der Waals surface area contributed by atoms with E-state index in [1.165, 1.54) is 0 Å². The number of nitrogens with zero attached hydrogens (tertiary/aromatic N) is 2. The molecule has 1 fully saturated rings. The lowest BCUT2D eigenvalue weighted by molar-refractivity contribution is -0.139. The van der Waals surface area contributed by atoms with Gasteiger partial charge in [-0.15, -0.1) is 0 Å². The van der Waals surface area contributed by atoms with Gasteiger partial charge in [-0.2, -0.15) is 0 Å². The van der Waals surface area contributed by atoms with Crippen molar-refractivity contribution < 1.29 is 14.3 Å². The van der Waals surface area contributed by atoms with E-state index in [2.05, 4.69) is 39.8 Å². The average Bonchev–Trinajstić information content (AvgIpc) is 2.67. The van der Waals surface area contributed by atoms with Crippen LogP contribution in [-0.4, -0.2) is 70.2 Å². The van der Waals surface area contributed by atoms with Crippen LogP contribution in [-0.2, 0) is 14.3 Å². The SMILES string of the molecule is CC(C)CNC(=O)C(=O)NC[C@@H](c1ccc(N(C)C)cc1)N1CCOCC1. The van der Waals surface area contributed by atoms with Crippen LogP contribution in [0.3, 0.4) is 0 Å². The van der Waals surface area contributed by atoms with Gasteiger partial charge in [0.2, 0.25) is 0 Å². The van der Waals surface area contributed by atoms with Crippen LogP contribution in [0.25, 0.3) is 0 Å². The highest BCUT2D eigenvalue weighted by molar-refractivity contribution is 6.35. The Kier molecular flexibility index (Phi) is 8.06. The molecule has 0 unspecified atom stereocenters. The molecule has 7 heteroatoms. The van der Waals surface area contributed by atoms with Gasteiger partial charge in [-0.25, -0.2) is 0 Å². The zero-order chi connectivity index (χ0) is 19.8. The number of carbonyl (C=O) groups excluding carboxylic acids is 2. The van der Waals surface area contributed by atoms with Gasteiger partial charge in [0.15, 0.2) is 0 Å². The summed E-state index contributed by atoms with van der Waals surface area (Å²) >= 11 is 0. The Bertz CT molecular complexity index is 610. The first kappa shape index (κ1) is 21.2. The van der Waals surface area contributed by atoms with Crippen LogP contribution >= 0.6 is 0 Å². The van der Waals surface area contributed by atoms with Gasteiger partial charge in [0.25, 0.3) is 0 Å². The number of anilines is 1. The van der Waals surface area contributed by atoms with E-state index in [0.29, 0.717) is 32.2 Å². The lowest BCUT2D eigenvalue weighted by Gasteiger charge is -2.35. The number of hydrogen-bond acceptors (Lipinski definition) is 5. The maximum atomic E-state index is 12.1. The van der Waals surface area contributed by atoms with Crippen molar-refractivity contribution in [1.82, 2.24) is 15.5 Å². The number of hydrogen-bond donors (Lipinski definition) is 2. The van der Waals surface area contributed by atoms with Crippen molar-refractivity contribution in [3.8, 4) is 0 Å². The molecule has 2 amide bonds. The Morgan fingerprint density at radius 2 is 1.59 bits per heavy atom. The van der Waals surface area contributed by atoms with E-state index in [0.717, 1.165) is 24.3 Å². The quantitative estimate of drug-likeness (QED) is 0.695. The Morgan fingerprint density at radius 3 is 2.11 bits per heavy atom. The van der Waals surface area contributed by atoms with Crippen LogP contribution in [0.1, 0.15) is 25.5 Å². The van der Waals surface area contributed by atoms with Crippen LogP contribution in [0.15, 0.2) is 24.3 Å². The number of nitrogens with one attached hydrogen (secondary N) is 2. The number of ether oxygens (including phenoxy) is 1. The second-order valence-electron chi connectivity index (χ2n) is 7.46. The van der Waals surface area contributed by atoms with Crippen molar-refractivity contribution in [3.63, 3.8) is 0 Å². The van der Waals surface area contributed by atoms with Crippen molar-refractivity contribution >= 4 is 17.5 Å². The molecule has 7 nitrogen and oxygen atoms in total. The minimum atomic E-state index is -0.584. The molecule has 2 rings (SSSR count). The Hall–Kier alpha value is -2.12. The topological polar surface area (TPSA) is 73.9 Å². The summed E-state index contributed by atoms with van der Waals surface area (Å²) in [6.07, 6.45) is 0. The summed E-state index contributed by atoms with van der Waals surface area (Å²) in [5.74, 6) is -0.857. The highest BCUT2D eigenvalue weighted by atomic mass is 16.5. The fourth-order valence-electron chi connectivity index (χ4n) is 2.99. The van der Waals surface area contributed by atoms with Gasteiger partial charge in [0, 0.05) is 46.0 Å². The van der Waals surface area contributed by atoms with Crippen LogP contribution < -0.4 is 15.5 Å². The van der Waals surface area contributed by atoms with Crippen molar-refractivity contribution in [2.24, 2.45) is 5.92 Å². The zero-order valence-electron chi connectivity index (χ0n) is 16.8. The lowest BCUT2D eigenvalue weighted by Crippen LogP contribution is -2.47. The molecule has 0 aliphatic carbocycles. The molecule has 1 aliphatic heterocycles. The summed E-state index contributed by atoms with van der Waals surface area (Å²) in [5, 5.41) is 5.45. The van der Waals surface area contributed by atoms with Crippen molar-refractivity contribution in [3.05, 3.63) is 29.8 Å². The number of morpholine rings is 1. The Morgan fingerprint density at radius 1 is 1.04 bits per heavy atom. The predicted octanol–water partition coefficient (Wildman–Crippen LogP) is 1.01. The number of rotatable bonds is 7. The number of benzene rings is 1. The minimum Gasteiger partial charge on any atom is -0.379 e. The van der Waals surface area contributed by atoms with Crippen LogP contribution in [0.4, 0.5) is 5.69 Å². The normalized spacial score (nSPS) is 16.0.